The Morgan fingerprint density at radius 1 is 1.15 bits per heavy atom. The van der Waals surface area contributed by atoms with Gasteiger partial charge in [0.15, 0.2) is 9.84 Å². The van der Waals surface area contributed by atoms with E-state index in [1.54, 1.807) is 0 Å². The first kappa shape index (κ1) is 16.2. The van der Waals surface area contributed by atoms with Crippen LogP contribution in [0.1, 0.15) is 45.4 Å². The fourth-order valence-electron chi connectivity index (χ4n) is 3.74. The number of hydrogen-bond donors (Lipinski definition) is 1. The van der Waals surface area contributed by atoms with Crippen LogP contribution in [0.15, 0.2) is 0 Å². The molecule has 0 amide bonds. The lowest BCUT2D eigenvalue weighted by molar-refractivity contribution is 0.181. The highest BCUT2D eigenvalue weighted by Gasteiger charge is 2.32. The van der Waals surface area contributed by atoms with E-state index in [0.29, 0.717) is 0 Å². The van der Waals surface area contributed by atoms with Crippen LogP contribution in [-0.4, -0.2) is 57.0 Å². The van der Waals surface area contributed by atoms with Gasteiger partial charge in [0.05, 0.1) is 5.25 Å². The third kappa shape index (κ3) is 4.71. The van der Waals surface area contributed by atoms with Crippen molar-refractivity contribution in [2.75, 3.05) is 32.4 Å². The number of nitrogens with one attached hydrogen (secondary N) is 1. The average Bonchev–Trinajstić information content (AvgIpc) is 2.38. The molecule has 1 saturated heterocycles. The lowest BCUT2D eigenvalue weighted by Crippen LogP contribution is -2.48. The highest BCUT2D eigenvalue weighted by molar-refractivity contribution is 7.91. The molecule has 0 unspecified atom stereocenters. The van der Waals surface area contributed by atoms with E-state index in [9.17, 15) is 8.42 Å². The molecule has 118 valence electrons. The van der Waals surface area contributed by atoms with E-state index in [4.69, 9.17) is 0 Å². The Hall–Kier alpha value is -0.130. The third-order valence-corrected chi connectivity index (χ3v) is 6.49. The predicted molar refractivity (Wildman–Crippen MR) is 83.7 cm³/mol. The maximum atomic E-state index is 11.9. The Morgan fingerprint density at radius 2 is 1.90 bits per heavy atom. The molecule has 1 aliphatic carbocycles. The predicted octanol–water partition coefficient (Wildman–Crippen LogP) is 1.66. The van der Waals surface area contributed by atoms with Crippen LogP contribution in [0.4, 0.5) is 0 Å². The zero-order valence-electron chi connectivity index (χ0n) is 13.0. The number of hydrogen-bond acceptors (Lipinski definition) is 4. The standard InChI is InChI=1S/C15H30N2O2S/c1-13-6-5-10-17(12-13)11-9-16-14-7-3-4-8-15(14)20(2,18)19/h13-16H,3-12H2,1-2H3/t13-,14+,15-/m1/s1. The van der Waals surface area contributed by atoms with E-state index in [1.165, 1.54) is 32.2 Å². The summed E-state index contributed by atoms with van der Waals surface area (Å²) in [5, 5.41) is 3.35. The van der Waals surface area contributed by atoms with Crippen LogP contribution in [0.2, 0.25) is 0 Å². The smallest absolute Gasteiger partial charge is 0.151 e. The number of piperidine rings is 1. The Labute approximate surface area is 124 Å². The molecule has 0 aromatic heterocycles. The Morgan fingerprint density at radius 3 is 2.60 bits per heavy atom. The SMILES string of the molecule is C[C@@H]1CCCN(CCN[C@H]2CCCC[C@H]2S(C)(=O)=O)C1. The van der Waals surface area contributed by atoms with Crippen molar-refractivity contribution in [3.05, 3.63) is 0 Å². The Bertz CT molecular complexity index is 397. The molecule has 3 atom stereocenters. The van der Waals surface area contributed by atoms with E-state index in [0.717, 1.165) is 44.7 Å². The minimum Gasteiger partial charge on any atom is -0.311 e. The molecule has 1 aliphatic heterocycles. The second-order valence-electron chi connectivity index (χ2n) is 6.76. The number of sulfone groups is 1. The van der Waals surface area contributed by atoms with Crippen LogP contribution in [0.5, 0.6) is 0 Å². The van der Waals surface area contributed by atoms with Gasteiger partial charge in [0.2, 0.25) is 0 Å². The van der Waals surface area contributed by atoms with Crippen LogP contribution in [0.3, 0.4) is 0 Å². The molecular formula is C15H30N2O2S. The number of rotatable bonds is 5. The van der Waals surface area contributed by atoms with Gasteiger partial charge < -0.3 is 10.2 Å². The second kappa shape index (κ2) is 7.23. The summed E-state index contributed by atoms with van der Waals surface area (Å²) >= 11 is 0. The maximum absolute atomic E-state index is 11.9. The summed E-state index contributed by atoms with van der Waals surface area (Å²) in [6.07, 6.45) is 8.10. The van der Waals surface area contributed by atoms with E-state index >= 15 is 0 Å². The number of likely N-dealkylation sites (tertiary alicyclic amines) is 1. The molecule has 0 aromatic carbocycles. The highest BCUT2D eigenvalue weighted by atomic mass is 32.2. The topological polar surface area (TPSA) is 49.4 Å². The normalized spacial score (nSPS) is 33.2. The first-order valence-electron chi connectivity index (χ1n) is 8.11. The minimum atomic E-state index is -2.92. The molecule has 0 bridgehead atoms. The molecule has 5 heteroatoms. The van der Waals surface area contributed by atoms with E-state index in [2.05, 4.69) is 17.1 Å². The molecule has 1 heterocycles. The average molecular weight is 302 g/mol. The molecule has 4 nitrogen and oxygen atoms in total. The molecule has 1 saturated carbocycles. The Balaban J connectivity index is 1.77. The lowest BCUT2D eigenvalue weighted by Gasteiger charge is -2.34. The van der Waals surface area contributed by atoms with Crippen LogP contribution in [0, 0.1) is 5.92 Å². The molecule has 0 aromatic rings. The molecule has 2 fully saturated rings. The summed E-state index contributed by atoms with van der Waals surface area (Å²) in [6, 6.07) is 0.168. The largest absolute Gasteiger partial charge is 0.311 e. The van der Waals surface area contributed by atoms with Crippen molar-refractivity contribution in [2.24, 2.45) is 5.92 Å². The van der Waals surface area contributed by atoms with Gasteiger partial charge in [0, 0.05) is 31.9 Å². The van der Waals surface area contributed by atoms with Crippen LogP contribution in [0.25, 0.3) is 0 Å². The van der Waals surface area contributed by atoms with Gasteiger partial charge in [-0.2, -0.15) is 0 Å². The van der Waals surface area contributed by atoms with Crippen LogP contribution < -0.4 is 5.32 Å². The fraction of sp³-hybridized carbons (Fsp3) is 1.00. The molecule has 0 radical (unpaired) electrons. The summed E-state index contributed by atoms with van der Waals surface area (Å²) in [5.74, 6) is 0.808. The summed E-state index contributed by atoms with van der Waals surface area (Å²) < 4.78 is 23.7. The molecule has 1 N–H and O–H groups in total. The van der Waals surface area contributed by atoms with Gasteiger partial charge in [-0.1, -0.05) is 19.8 Å². The summed E-state index contributed by atoms with van der Waals surface area (Å²) in [6.45, 7) is 6.69. The van der Waals surface area contributed by atoms with Crippen LogP contribution >= 0.6 is 0 Å². The van der Waals surface area contributed by atoms with Gasteiger partial charge in [0.25, 0.3) is 0 Å². The van der Waals surface area contributed by atoms with Crippen molar-refractivity contribution in [2.45, 2.75) is 56.7 Å². The van der Waals surface area contributed by atoms with Crippen molar-refractivity contribution in [1.82, 2.24) is 10.2 Å². The molecular weight excluding hydrogens is 272 g/mol. The van der Waals surface area contributed by atoms with Gasteiger partial charge in [-0.3, -0.25) is 0 Å². The van der Waals surface area contributed by atoms with Crippen molar-refractivity contribution >= 4 is 9.84 Å². The fourth-order valence-corrected chi connectivity index (χ4v) is 5.16. The third-order valence-electron chi connectivity index (χ3n) is 4.83. The molecule has 2 rings (SSSR count). The molecule has 2 aliphatic rings. The van der Waals surface area contributed by atoms with E-state index in [-0.39, 0.29) is 11.3 Å². The Kier molecular flexibility index (Phi) is 5.87. The minimum absolute atomic E-state index is 0.168. The van der Waals surface area contributed by atoms with Crippen LogP contribution in [-0.2, 0) is 9.84 Å². The quantitative estimate of drug-likeness (QED) is 0.839. The van der Waals surface area contributed by atoms with Crippen molar-refractivity contribution in [3.8, 4) is 0 Å². The highest BCUT2D eigenvalue weighted by Crippen LogP contribution is 2.24. The maximum Gasteiger partial charge on any atom is 0.151 e. The van der Waals surface area contributed by atoms with Crippen molar-refractivity contribution < 1.29 is 8.42 Å². The summed E-state index contributed by atoms with van der Waals surface area (Å²) in [5.41, 5.74) is 0. The summed E-state index contributed by atoms with van der Waals surface area (Å²) in [7, 11) is -2.92. The van der Waals surface area contributed by atoms with Gasteiger partial charge in [-0.05, 0) is 38.1 Å². The zero-order chi connectivity index (χ0) is 14.6. The van der Waals surface area contributed by atoms with Gasteiger partial charge >= 0.3 is 0 Å². The van der Waals surface area contributed by atoms with Gasteiger partial charge in [0.1, 0.15) is 0 Å². The van der Waals surface area contributed by atoms with Crippen molar-refractivity contribution in [1.29, 1.82) is 0 Å². The summed E-state index contributed by atoms with van der Waals surface area (Å²) in [4.78, 5) is 2.51. The van der Waals surface area contributed by atoms with E-state index in [1.807, 2.05) is 0 Å². The molecule has 0 spiro atoms. The monoisotopic (exact) mass is 302 g/mol. The van der Waals surface area contributed by atoms with Gasteiger partial charge in [-0.15, -0.1) is 0 Å². The molecule has 20 heavy (non-hydrogen) atoms. The number of nitrogens with zero attached hydrogens (tertiary/aromatic N) is 1. The van der Waals surface area contributed by atoms with Crippen molar-refractivity contribution in [3.63, 3.8) is 0 Å². The van der Waals surface area contributed by atoms with E-state index < -0.39 is 9.84 Å². The lowest BCUT2D eigenvalue weighted by atomic mass is 9.95. The second-order valence-corrected chi connectivity index (χ2v) is 9.03. The first-order chi connectivity index (χ1) is 9.47. The zero-order valence-corrected chi connectivity index (χ0v) is 13.8. The first-order valence-corrected chi connectivity index (χ1v) is 10.1. The van der Waals surface area contributed by atoms with Gasteiger partial charge in [-0.25, -0.2) is 8.42 Å².